The summed E-state index contributed by atoms with van der Waals surface area (Å²) in [5.41, 5.74) is 1.65. The van der Waals surface area contributed by atoms with Crippen molar-refractivity contribution in [2.75, 3.05) is 23.1 Å². The molecule has 0 radical (unpaired) electrons. The van der Waals surface area contributed by atoms with E-state index in [1.165, 1.54) is 18.2 Å². The van der Waals surface area contributed by atoms with Gasteiger partial charge in [-0.1, -0.05) is 41.9 Å². The summed E-state index contributed by atoms with van der Waals surface area (Å²) in [5.74, 6) is -0.325. The Morgan fingerprint density at radius 3 is 2.33 bits per heavy atom. The zero-order valence-corrected chi connectivity index (χ0v) is 17.7. The summed E-state index contributed by atoms with van der Waals surface area (Å²) >= 11 is 5.90. The summed E-state index contributed by atoms with van der Waals surface area (Å²) in [4.78, 5) is 12.4. The third-order valence-electron chi connectivity index (χ3n) is 4.23. The smallest absolute Gasteiger partial charge is 0.261 e. The van der Waals surface area contributed by atoms with Crippen LogP contribution in [0.25, 0.3) is 0 Å². The monoisotopic (exact) mass is 443 g/mol. The number of hydrogen-bond acceptors (Lipinski definition) is 4. The van der Waals surface area contributed by atoms with E-state index in [0.717, 1.165) is 12.1 Å². The van der Waals surface area contributed by atoms with Gasteiger partial charge in [-0.3, -0.25) is 9.52 Å². The van der Waals surface area contributed by atoms with E-state index in [1.54, 1.807) is 30.3 Å². The molecule has 8 heteroatoms. The van der Waals surface area contributed by atoms with E-state index in [1.807, 2.05) is 30.3 Å². The molecule has 0 aliphatic rings. The summed E-state index contributed by atoms with van der Waals surface area (Å²) in [6.45, 7) is 1.18. The molecule has 6 nitrogen and oxygen atoms in total. The molecule has 0 bridgehead atoms. The van der Waals surface area contributed by atoms with Crippen molar-refractivity contribution in [3.05, 3.63) is 89.4 Å². The van der Waals surface area contributed by atoms with Crippen molar-refractivity contribution in [1.82, 2.24) is 5.32 Å². The zero-order valence-electron chi connectivity index (χ0n) is 16.1. The molecule has 3 rings (SSSR count). The van der Waals surface area contributed by atoms with Gasteiger partial charge in [-0.2, -0.15) is 0 Å². The quantitative estimate of drug-likeness (QED) is 0.428. The highest BCUT2D eigenvalue weighted by Crippen LogP contribution is 2.20. The van der Waals surface area contributed by atoms with Crippen LogP contribution >= 0.6 is 11.6 Å². The molecule has 0 spiro atoms. The molecular weight excluding hydrogens is 422 g/mol. The van der Waals surface area contributed by atoms with E-state index in [2.05, 4.69) is 15.4 Å². The Labute approximate surface area is 181 Å². The van der Waals surface area contributed by atoms with Gasteiger partial charge in [0.15, 0.2) is 0 Å². The fraction of sp³-hybridized carbons (Fsp3) is 0.136. The van der Waals surface area contributed by atoms with Crippen LogP contribution in [0.3, 0.4) is 0 Å². The van der Waals surface area contributed by atoms with Crippen LogP contribution in [-0.2, 0) is 10.0 Å². The molecule has 156 valence electrons. The summed E-state index contributed by atoms with van der Waals surface area (Å²) in [6, 6.07) is 22.1. The maximum Gasteiger partial charge on any atom is 0.261 e. The number of rotatable bonds is 9. The van der Waals surface area contributed by atoms with Crippen LogP contribution in [-0.4, -0.2) is 27.4 Å². The summed E-state index contributed by atoms with van der Waals surface area (Å²) in [7, 11) is -3.84. The molecule has 0 saturated heterocycles. The maximum absolute atomic E-state index is 12.6. The highest BCUT2D eigenvalue weighted by Gasteiger charge is 2.16. The molecule has 3 N–H and O–H groups in total. The maximum atomic E-state index is 12.6. The number of hydrogen-bond donors (Lipinski definition) is 3. The van der Waals surface area contributed by atoms with Crippen LogP contribution in [0.4, 0.5) is 11.4 Å². The van der Waals surface area contributed by atoms with Gasteiger partial charge >= 0.3 is 0 Å². The molecule has 3 aromatic carbocycles. The Hall–Kier alpha value is -3.03. The molecule has 0 fully saturated rings. The minimum Gasteiger partial charge on any atom is -0.385 e. The van der Waals surface area contributed by atoms with Crippen LogP contribution in [0.2, 0.25) is 5.02 Å². The van der Waals surface area contributed by atoms with E-state index in [9.17, 15) is 13.2 Å². The molecule has 1 amide bonds. The third kappa shape index (κ3) is 6.23. The fourth-order valence-corrected chi connectivity index (χ4v) is 4.04. The highest BCUT2D eigenvalue weighted by atomic mass is 35.5. The zero-order chi connectivity index (χ0) is 21.4. The van der Waals surface area contributed by atoms with Crippen molar-refractivity contribution < 1.29 is 13.2 Å². The van der Waals surface area contributed by atoms with E-state index in [4.69, 9.17) is 11.6 Å². The van der Waals surface area contributed by atoms with Crippen LogP contribution in [0.15, 0.2) is 83.8 Å². The SMILES string of the molecule is O=C(NCCCNc1ccccc1)c1cccc(S(=O)(=O)Nc2cccc(Cl)c2)c1. The molecule has 0 aliphatic heterocycles. The summed E-state index contributed by atoms with van der Waals surface area (Å²) < 4.78 is 27.7. The van der Waals surface area contributed by atoms with Gasteiger partial charge in [0.25, 0.3) is 15.9 Å². The molecular formula is C22H22ClN3O3S. The first-order valence-corrected chi connectivity index (χ1v) is 11.3. The number of amides is 1. The van der Waals surface area contributed by atoms with Crippen LogP contribution in [0.5, 0.6) is 0 Å². The number of halogens is 1. The van der Waals surface area contributed by atoms with Gasteiger partial charge in [-0.25, -0.2) is 8.42 Å². The largest absolute Gasteiger partial charge is 0.385 e. The topological polar surface area (TPSA) is 87.3 Å². The van der Waals surface area contributed by atoms with Crippen molar-refractivity contribution in [3.63, 3.8) is 0 Å². The van der Waals surface area contributed by atoms with Gasteiger partial charge in [0.2, 0.25) is 0 Å². The molecule has 0 saturated carbocycles. The lowest BCUT2D eigenvalue weighted by Crippen LogP contribution is -2.26. The number of sulfonamides is 1. The number of benzene rings is 3. The first-order chi connectivity index (χ1) is 14.4. The number of carbonyl (C=O) groups excluding carboxylic acids is 1. The molecule has 0 aromatic heterocycles. The third-order valence-corrected chi connectivity index (χ3v) is 5.84. The second-order valence-corrected chi connectivity index (χ2v) is 8.66. The van der Waals surface area contributed by atoms with Gasteiger partial charge in [0.1, 0.15) is 0 Å². The normalized spacial score (nSPS) is 11.0. The van der Waals surface area contributed by atoms with Crippen LogP contribution < -0.4 is 15.4 Å². The number of carbonyl (C=O) groups is 1. The molecule has 0 atom stereocenters. The second kappa shape index (κ2) is 10.1. The first-order valence-electron chi connectivity index (χ1n) is 9.40. The lowest BCUT2D eigenvalue weighted by molar-refractivity contribution is 0.0953. The predicted molar refractivity (Wildman–Crippen MR) is 121 cm³/mol. The van der Waals surface area contributed by atoms with Crippen LogP contribution in [0.1, 0.15) is 16.8 Å². The van der Waals surface area contributed by atoms with E-state index >= 15 is 0 Å². The Kier molecular flexibility index (Phi) is 7.32. The first kappa shape index (κ1) is 21.7. The van der Waals surface area contributed by atoms with Crippen molar-refractivity contribution in [1.29, 1.82) is 0 Å². The summed E-state index contributed by atoms with van der Waals surface area (Å²) in [6.07, 6.45) is 0.731. The lowest BCUT2D eigenvalue weighted by atomic mass is 10.2. The van der Waals surface area contributed by atoms with E-state index < -0.39 is 10.0 Å². The average Bonchev–Trinajstić information content (AvgIpc) is 2.74. The minimum absolute atomic E-state index is 0.000805. The average molecular weight is 444 g/mol. The Morgan fingerprint density at radius 1 is 0.833 bits per heavy atom. The number of anilines is 2. The lowest BCUT2D eigenvalue weighted by Gasteiger charge is -2.10. The highest BCUT2D eigenvalue weighted by molar-refractivity contribution is 7.92. The standard InChI is InChI=1S/C22H22ClN3O3S/c23-18-8-5-11-20(16-18)26-30(28,29)21-12-4-7-17(15-21)22(27)25-14-6-13-24-19-9-2-1-3-10-19/h1-5,7-12,15-16,24,26H,6,13-14H2,(H,25,27). The molecule has 3 aromatic rings. The van der Waals surface area contributed by atoms with Crippen molar-refractivity contribution in [2.24, 2.45) is 0 Å². The van der Waals surface area contributed by atoms with Gasteiger partial charge < -0.3 is 10.6 Å². The molecule has 0 heterocycles. The Bertz CT molecular complexity index is 1110. The van der Waals surface area contributed by atoms with Crippen molar-refractivity contribution in [3.8, 4) is 0 Å². The Morgan fingerprint density at radius 2 is 1.57 bits per heavy atom. The van der Waals surface area contributed by atoms with Gasteiger partial charge in [-0.05, 0) is 55.0 Å². The molecule has 0 unspecified atom stereocenters. The van der Waals surface area contributed by atoms with Gasteiger partial charge in [-0.15, -0.1) is 0 Å². The predicted octanol–water partition coefficient (Wildman–Crippen LogP) is 4.37. The molecule has 30 heavy (non-hydrogen) atoms. The number of para-hydroxylation sites is 1. The second-order valence-electron chi connectivity index (χ2n) is 6.55. The van der Waals surface area contributed by atoms with E-state index in [0.29, 0.717) is 23.8 Å². The minimum atomic E-state index is -3.84. The van der Waals surface area contributed by atoms with Crippen molar-refractivity contribution in [2.45, 2.75) is 11.3 Å². The van der Waals surface area contributed by atoms with Gasteiger partial charge in [0.05, 0.1) is 10.6 Å². The Balaban J connectivity index is 1.55. The van der Waals surface area contributed by atoms with Crippen LogP contribution in [0, 0.1) is 0 Å². The van der Waals surface area contributed by atoms with Crippen molar-refractivity contribution >= 4 is 38.9 Å². The van der Waals surface area contributed by atoms with E-state index in [-0.39, 0.29) is 16.4 Å². The molecule has 0 aliphatic carbocycles. The summed E-state index contributed by atoms with van der Waals surface area (Å²) in [5, 5.41) is 6.50. The van der Waals surface area contributed by atoms with Gasteiger partial charge in [0, 0.05) is 29.4 Å². The number of nitrogens with one attached hydrogen (secondary N) is 3. The fourth-order valence-electron chi connectivity index (χ4n) is 2.75.